The fraction of sp³-hybridized carbons (Fsp3) is 0.273. The Hall–Kier alpha value is -1.56. The van der Waals surface area contributed by atoms with Gasteiger partial charge in [-0.15, -0.1) is 0 Å². The Labute approximate surface area is 106 Å². The number of ketones is 1. The minimum atomic E-state index is -0.882. The third kappa shape index (κ3) is 2.12. The van der Waals surface area contributed by atoms with Gasteiger partial charge in [-0.2, -0.15) is 0 Å². The first-order valence-electron chi connectivity index (χ1n) is 4.94. The lowest BCUT2D eigenvalue weighted by Gasteiger charge is -2.05. The Kier molecular flexibility index (Phi) is 3.33. The van der Waals surface area contributed by atoms with E-state index >= 15 is 0 Å². The summed E-state index contributed by atoms with van der Waals surface area (Å²) < 4.78 is 15.4. The molecule has 17 heavy (non-hydrogen) atoms. The lowest BCUT2D eigenvalue weighted by Crippen LogP contribution is -2.18. The van der Waals surface area contributed by atoms with Crippen LogP contribution >= 0.6 is 15.9 Å². The van der Waals surface area contributed by atoms with E-state index in [1.165, 1.54) is 6.07 Å². The first kappa shape index (κ1) is 11.9. The van der Waals surface area contributed by atoms with Crippen molar-refractivity contribution in [2.45, 2.75) is 6.92 Å². The number of hydrogen-bond donors (Lipinski definition) is 0. The topological polar surface area (TPSA) is 61.8 Å². The molecule has 1 aliphatic heterocycles. The summed E-state index contributed by atoms with van der Waals surface area (Å²) in [7, 11) is 0. The van der Waals surface area contributed by atoms with Crippen LogP contribution in [0.2, 0.25) is 0 Å². The highest BCUT2D eigenvalue weighted by Gasteiger charge is 2.26. The molecule has 2 rings (SSSR count). The number of carbonyl (C=O) groups is 2. The number of Topliss-reactive ketones (excluding diaryl/α,β-unsaturated/α-hetero) is 1. The van der Waals surface area contributed by atoms with Crippen molar-refractivity contribution in [3.8, 4) is 11.5 Å². The van der Waals surface area contributed by atoms with E-state index in [0.717, 1.165) is 0 Å². The van der Waals surface area contributed by atoms with Gasteiger partial charge in [0.05, 0.1) is 11.1 Å². The van der Waals surface area contributed by atoms with Gasteiger partial charge in [0.2, 0.25) is 6.79 Å². The average Bonchev–Trinajstić information content (AvgIpc) is 2.78. The molecule has 0 aromatic heterocycles. The molecule has 0 amide bonds. The third-order valence-corrected chi connectivity index (χ3v) is 2.97. The molecular formula is C11H9BrO5. The van der Waals surface area contributed by atoms with Crippen molar-refractivity contribution in [3.05, 3.63) is 22.2 Å². The molecule has 6 heteroatoms. The highest BCUT2D eigenvalue weighted by molar-refractivity contribution is 9.10. The summed E-state index contributed by atoms with van der Waals surface area (Å²) in [6, 6.07) is 3.08. The Bertz CT molecular complexity index is 483. The van der Waals surface area contributed by atoms with Crippen molar-refractivity contribution >= 4 is 27.7 Å². The Morgan fingerprint density at radius 2 is 2.18 bits per heavy atom. The summed E-state index contributed by atoms with van der Waals surface area (Å²) in [6.07, 6.45) is 0. The second-order valence-electron chi connectivity index (χ2n) is 3.21. The highest BCUT2D eigenvalue weighted by atomic mass is 79.9. The van der Waals surface area contributed by atoms with Crippen LogP contribution in [0.5, 0.6) is 11.5 Å². The van der Waals surface area contributed by atoms with Crippen molar-refractivity contribution in [1.82, 2.24) is 0 Å². The second kappa shape index (κ2) is 4.75. The van der Waals surface area contributed by atoms with E-state index in [1.54, 1.807) is 13.0 Å². The maximum Gasteiger partial charge on any atom is 0.379 e. The number of carbonyl (C=O) groups excluding carboxylic acids is 2. The van der Waals surface area contributed by atoms with Crippen LogP contribution in [0, 0.1) is 0 Å². The lowest BCUT2D eigenvalue weighted by molar-refractivity contribution is -0.137. The molecule has 0 saturated heterocycles. The van der Waals surface area contributed by atoms with Crippen LogP contribution in [0.15, 0.2) is 16.6 Å². The van der Waals surface area contributed by atoms with Crippen LogP contribution in [0.3, 0.4) is 0 Å². The second-order valence-corrected chi connectivity index (χ2v) is 4.00. The van der Waals surface area contributed by atoms with Crippen LogP contribution in [-0.4, -0.2) is 25.2 Å². The summed E-state index contributed by atoms with van der Waals surface area (Å²) in [4.78, 5) is 23.1. The van der Waals surface area contributed by atoms with E-state index in [0.29, 0.717) is 16.0 Å². The van der Waals surface area contributed by atoms with E-state index in [9.17, 15) is 9.59 Å². The van der Waals surface area contributed by atoms with Gasteiger partial charge in [-0.05, 0) is 35.0 Å². The largest absolute Gasteiger partial charge is 0.460 e. The zero-order chi connectivity index (χ0) is 12.4. The number of halogens is 1. The fourth-order valence-electron chi connectivity index (χ4n) is 1.42. The highest BCUT2D eigenvalue weighted by Crippen LogP contribution is 2.41. The summed E-state index contributed by atoms with van der Waals surface area (Å²) in [5, 5.41) is 0. The van der Waals surface area contributed by atoms with E-state index in [4.69, 9.17) is 9.47 Å². The molecule has 0 saturated carbocycles. The first-order chi connectivity index (χ1) is 8.15. The minimum absolute atomic E-state index is 0.102. The van der Waals surface area contributed by atoms with Crippen molar-refractivity contribution in [2.75, 3.05) is 13.4 Å². The number of benzene rings is 1. The quantitative estimate of drug-likeness (QED) is 0.485. The minimum Gasteiger partial charge on any atom is -0.460 e. The lowest BCUT2D eigenvalue weighted by atomic mass is 10.1. The number of rotatable bonds is 3. The number of ether oxygens (including phenoxy) is 3. The Morgan fingerprint density at radius 3 is 2.88 bits per heavy atom. The average molecular weight is 301 g/mol. The van der Waals surface area contributed by atoms with Gasteiger partial charge >= 0.3 is 5.97 Å². The van der Waals surface area contributed by atoms with Crippen LogP contribution in [0.1, 0.15) is 17.3 Å². The molecule has 0 radical (unpaired) electrons. The molecule has 0 fully saturated rings. The molecule has 5 nitrogen and oxygen atoms in total. The van der Waals surface area contributed by atoms with E-state index in [2.05, 4.69) is 20.7 Å². The summed E-state index contributed by atoms with van der Waals surface area (Å²) >= 11 is 3.22. The molecule has 0 atom stereocenters. The predicted molar refractivity (Wildman–Crippen MR) is 61.2 cm³/mol. The molecule has 0 unspecified atom stereocenters. The first-order valence-corrected chi connectivity index (χ1v) is 5.74. The van der Waals surface area contributed by atoms with Gasteiger partial charge in [-0.3, -0.25) is 4.79 Å². The van der Waals surface area contributed by atoms with Gasteiger partial charge in [-0.25, -0.2) is 4.79 Å². The van der Waals surface area contributed by atoms with Crippen LogP contribution in [0.25, 0.3) is 0 Å². The number of esters is 1. The van der Waals surface area contributed by atoms with Gasteiger partial charge < -0.3 is 14.2 Å². The standard InChI is InChI=1S/C11H9BrO5/c1-2-15-11(14)9(13)6-3-4-7-10(8(6)12)17-5-16-7/h3-4H,2,5H2,1H3. The maximum absolute atomic E-state index is 11.8. The third-order valence-electron chi connectivity index (χ3n) is 2.18. The van der Waals surface area contributed by atoms with E-state index < -0.39 is 11.8 Å². The Balaban J connectivity index is 2.34. The molecule has 0 bridgehead atoms. The smallest absolute Gasteiger partial charge is 0.379 e. The van der Waals surface area contributed by atoms with Crippen molar-refractivity contribution in [2.24, 2.45) is 0 Å². The number of hydrogen-bond acceptors (Lipinski definition) is 5. The van der Waals surface area contributed by atoms with Gasteiger partial charge in [-0.1, -0.05) is 0 Å². The number of fused-ring (bicyclic) bond motifs is 1. The van der Waals surface area contributed by atoms with Crippen molar-refractivity contribution in [3.63, 3.8) is 0 Å². The normalized spacial score (nSPS) is 12.4. The molecule has 0 N–H and O–H groups in total. The zero-order valence-electron chi connectivity index (χ0n) is 8.99. The van der Waals surface area contributed by atoms with Gasteiger partial charge in [0.25, 0.3) is 5.78 Å². The fourth-order valence-corrected chi connectivity index (χ4v) is 2.04. The maximum atomic E-state index is 11.8. The summed E-state index contributed by atoms with van der Waals surface area (Å²) in [5.74, 6) is -0.624. The molecule has 1 aliphatic rings. The van der Waals surface area contributed by atoms with E-state index in [-0.39, 0.29) is 19.0 Å². The van der Waals surface area contributed by atoms with E-state index in [1.807, 2.05) is 0 Å². The molecule has 0 spiro atoms. The van der Waals surface area contributed by atoms with Gasteiger partial charge in [0.1, 0.15) is 0 Å². The summed E-state index contributed by atoms with van der Waals surface area (Å²) in [5.41, 5.74) is 0.202. The van der Waals surface area contributed by atoms with Gasteiger partial charge in [0.15, 0.2) is 11.5 Å². The monoisotopic (exact) mass is 300 g/mol. The van der Waals surface area contributed by atoms with Crippen LogP contribution in [0.4, 0.5) is 0 Å². The van der Waals surface area contributed by atoms with Crippen LogP contribution in [-0.2, 0) is 9.53 Å². The van der Waals surface area contributed by atoms with Crippen LogP contribution < -0.4 is 9.47 Å². The van der Waals surface area contributed by atoms with Crippen molar-refractivity contribution < 1.29 is 23.8 Å². The zero-order valence-corrected chi connectivity index (χ0v) is 10.6. The summed E-state index contributed by atoms with van der Waals surface area (Å²) in [6.45, 7) is 1.90. The molecule has 0 aliphatic carbocycles. The molecule has 1 heterocycles. The molecular weight excluding hydrogens is 292 g/mol. The molecule has 1 aromatic carbocycles. The Morgan fingerprint density at radius 1 is 1.41 bits per heavy atom. The molecule has 90 valence electrons. The van der Waals surface area contributed by atoms with Gasteiger partial charge in [0, 0.05) is 5.56 Å². The SMILES string of the molecule is CCOC(=O)C(=O)c1ccc2c(c1Br)OCO2. The molecule has 1 aromatic rings. The predicted octanol–water partition coefficient (Wildman–Crippen LogP) is 1.92. The van der Waals surface area contributed by atoms with Crippen molar-refractivity contribution in [1.29, 1.82) is 0 Å².